The van der Waals surface area contributed by atoms with Crippen molar-refractivity contribution < 1.29 is 28.6 Å². The molecule has 0 aliphatic carbocycles. The Bertz CT molecular complexity index is 1420. The van der Waals surface area contributed by atoms with Crippen molar-refractivity contribution in [2.45, 2.75) is 226 Å². The van der Waals surface area contributed by atoms with E-state index < -0.39 is 6.10 Å². The van der Waals surface area contributed by atoms with E-state index in [1.807, 2.05) is 12.2 Å². The van der Waals surface area contributed by atoms with Crippen molar-refractivity contribution in [3.05, 3.63) is 122 Å². The molecule has 0 aliphatic heterocycles. The number of unbranched alkanes of at least 4 members (excludes halogenated alkanes) is 15. The minimum absolute atomic E-state index is 0.117. The Morgan fingerprint density at radius 3 is 1.02 bits per heavy atom. The summed E-state index contributed by atoms with van der Waals surface area (Å²) in [7, 11) is 0. The van der Waals surface area contributed by atoms with Crippen LogP contribution in [0.25, 0.3) is 0 Å². The van der Waals surface area contributed by atoms with Gasteiger partial charge in [0.2, 0.25) is 0 Å². The summed E-state index contributed by atoms with van der Waals surface area (Å²) in [6.45, 7) is 6.29. The number of esters is 3. The predicted molar refractivity (Wildman–Crippen MR) is 283 cm³/mol. The van der Waals surface area contributed by atoms with Gasteiger partial charge < -0.3 is 14.2 Å². The van der Waals surface area contributed by atoms with E-state index in [4.69, 9.17) is 14.2 Å². The summed E-state index contributed by atoms with van der Waals surface area (Å²) in [6, 6.07) is 0. The zero-order valence-electron chi connectivity index (χ0n) is 42.4. The van der Waals surface area contributed by atoms with Crippen LogP contribution in [-0.4, -0.2) is 37.2 Å². The Hall–Kier alpha value is -4.19. The molecule has 0 amide bonds. The highest BCUT2D eigenvalue weighted by Crippen LogP contribution is 2.13. The summed E-state index contributed by atoms with van der Waals surface area (Å²) in [4.78, 5) is 38.0. The second kappa shape index (κ2) is 53.4. The smallest absolute Gasteiger partial charge is 0.306 e. The van der Waals surface area contributed by atoms with E-state index in [9.17, 15) is 14.4 Å². The maximum atomic E-state index is 12.8. The van der Waals surface area contributed by atoms with E-state index in [2.05, 4.69) is 130 Å². The molecule has 372 valence electrons. The van der Waals surface area contributed by atoms with Crippen molar-refractivity contribution in [3.63, 3.8) is 0 Å². The molecule has 0 bridgehead atoms. The van der Waals surface area contributed by atoms with Gasteiger partial charge in [-0.2, -0.15) is 0 Å². The van der Waals surface area contributed by atoms with Crippen molar-refractivity contribution in [1.29, 1.82) is 0 Å². The van der Waals surface area contributed by atoms with Crippen molar-refractivity contribution >= 4 is 17.9 Å². The maximum absolute atomic E-state index is 12.8. The lowest BCUT2D eigenvalue weighted by atomic mass is 10.1. The fourth-order valence-corrected chi connectivity index (χ4v) is 6.77. The third-order valence-corrected chi connectivity index (χ3v) is 10.7. The number of ether oxygens (including phenoxy) is 3. The lowest BCUT2D eigenvalue weighted by molar-refractivity contribution is -0.166. The molecular weight excluding hydrogens is 817 g/mol. The van der Waals surface area contributed by atoms with E-state index in [0.717, 1.165) is 128 Å². The summed E-state index contributed by atoms with van der Waals surface area (Å²) >= 11 is 0. The van der Waals surface area contributed by atoms with Crippen LogP contribution in [0.3, 0.4) is 0 Å². The monoisotopic (exact) mass is 913 g/mol. The Morgan fingerprint density at radius 1 is 0.318 bits per heavy atom. The van der Waals surface area contributed by atoms with Gasteiger partial charge in [0.15, 0.2) is 6.10 Å². The molecule has 1 unspecified atom stereocenters. The average molecular weight is 913 g/mol. The van der Waals surface area contributed by atoms with Gasteiger partial charge in [0.1, 0.15) is 13.2 Å². The summed E-state index contributed by atoms with van der Waals surface area (Å²) in [5.41, 5.74) is 0. The molecule has 0 aliphatic rings. The van der Waals surface area contributed by atoms with Gasteiger partial charge in [-0.1, -0.05) is 206 Å². The van der Waals surface area contributed by atoms with Crippen LogP contribution in [0.1, 0.15) is 220 Å². The highest BCUT2D eigenvalue weighted by Gasteiger charge is 2.19. The van der Waals surface area contributed by atoms with E-state index in [1.165, 1.54) is 44.9 Å². The highest BCUT2D eigenvalue weighted by atomic mass is 16.6. The molecule has 6 heteroatoms. The second-order valence-corrected chi connectivity index (χ2v) is 17.0. The number of carbonyl (C=O) groups is 3. The molecule has 0 aromatic rings. The van der Waals surface area contributed by atoms with Gasteiger partial charge >= 0.3 is 17.9 Å². The first-order valence-corrected chi connectivity index (χ1v) is 26.5. The zero-order valence-corrected chi connectivity index (χ0v) is 42.4. The number of carbonyl (C=O) groups excluding carboxylic acids is 3. The van der Waals surface area contributed by atoms with Crippen molar-refractivity contribution in [2.75, 3.05) is 13.2 Å². The molecule has 0 saturated heterocycles. The van der Waals surface area contributed by atoms with Gasteiger partial charge in [0.25, 0.3) is 0 Å². The average Bonchev–Trinajstić information content (AvgIpc) is 3.31. The molecule has 6 nitrogen and oxygen atoms in total. The van der Waals surface area contributed by atoms with Gasteiger partial charge in [-0.05, 0) is 116 Å². The lowest BCUT2D eigenvalue weighted by Crippen LogP contribution is -2.30. The Morgan fingerprint density at radius 2 is 0.621 bits per heavy atom. The predicted octanol–water partition coefficient (Wildman–Crippen LogP) is 17.7. The lowest BCUT2D eigenvalue weighted by Gasteiger charge is -2.18. The zero-order chi connectivity index (χ0) is 47.9. The molecule has 0 aromatic carbocycles. The third kappa shape index (κ3) is 50.8. The van der Waals surface area contributed by atoms with E-state index in [-0.39, 0.29) is 37.5 Å². The topological polar surface area (TPSA) is 78.9 Å². The minimum atomic E-state index is -0.823. The fraction of sp³-hybridized carbons (Fsp3) is 0.617. The molecule has 0 saturated carbocycles. The van der Waals surface area contributed by atoms with Crippen LogP contribution in [-0.2, 0) is 28.6 Å². The van der Waals surface area contributed by atoms with E-state index in [1.54, 1.807) is 0 Å². The van der Waals surface area contributed by atoms with Crippen molar-refractivity contribution in [2.24, 2.45) is 0 Å². The molecule has 0 radical (unpaired) electrons. The van der Waals surface area contributed by atoms with Crippen LogP contribution < -0.4 is 0 Å². The molecule has 0 rings (SSSR count). The quantitative estimate of drug-likeness (QED) is 0.0262. The summed E-state index contributed by atoms with van der Waals surface area (Å²) in [6.07, 6.45) is 73.4. The maximum Gasteiger partial charge on any atom is 0.306 e. The SMILES string of the molecule is CC/C=C\C/C=C\C/C=C\C/C=C\CCCCCCCCC(=O)OCC(COC(=O)CC/C=C\C/C=C\C/C=C\C/C=C\CC)OC(=O)CCCCCCC/C=C\C/C=C\CCCCCC. The summed E-state index contributed by atoms with van der Waals surface area (Å²) < 4.78 is 16.7. The first-order chi connectivity index (χ1) is 32.5. The number of rotatable bonds is 46. The molecule has 66 heavy (non-hydrogen) atoms. The van der Waals surface area contributed by atoms with Gasteiger partial charge in [0.05, 0.1) is 0 Å². The van der Waals surface area contributed by atoms with Crippen LogP contribution in [0.4, 0.5) is 0 Å². The standard InChI is InChI=1S/C60H96O6/c1-4-7-10-13-16-19-22-25-27-29-30-31-33-35-38-41-44-47-50-53-59(62)65-56-57(55-64-58(61)52-49-46-43-40-37-34-24-21-18-15-12-9-6-3)66-60(63)54-51-48-45-42-39-36-32-28-26-23-20-17-14-11-8-5-2/h7,9-10,12,16,18-21,23,25,27-28,30-32,34,37,43,46,57H,4-6,8,11,13-15,17,22,24,26,29,33,35-36,38-42,44-45,47-56H2,1-3H3/b10-7-,12-9-,19-16-,21-18-,23-20-,27-25-,31-30-,32-28-,37-34-,46-43-. The van der Waals surface area contributed by atoms with Crippen LogP contribution in [0.15, 0.2) is 122 Å². The highest BCUT2D eigenvalue weighted by molar-refractivity contribution is 5.71. The van der Waals surface area contributed by atoms with Gasteiger partial charge in [0, 0.05) is 19.3 Å². The molecule has 0 spiro atoms. The molecular formula is C60H96O6. The van der Waals surface area contributed by atoms with Gasteiger partial charge in [-0.15, -0.1) is 0 Å². The third-order valence-electron chi connectivity index (χ3n) is 10.7. The first kappa shape index (κ1) is 61.8. The van der Waals surface area contributed by atoms with E-state index in [0.29, 0.717) is 19.3 Å². The molecule has 0 aromatic heterocycles. The van der Waals surface area contributed by atoms with Crippen LogP contribution in [0.2, 0.25) is 0 Å². The fourth-order valence-electron chi connectivity index (χ4n) is 6.77. The minimum Gasteiger partial charge on any atom is -0.462 e. The normalized spacial score (nSPS) is 13.1. The molecule has 0 fully saturated rings. The van der Waals surface area contributed by atoms with Crippen LogP contribution in [0.5, 0.6) is 0 Å². The van der Waals surface area contributed by atoms with Gasteiger partial charge in [-0.25, -0.2) is 0 Å². The first-order valence-electron chi connectivity index (χ1n) is 26.5. The molecule has 0 N–H and O–H groups in total. The van der Waals surface area contributed by atoms with Crippen LogP contribution in [0, 0.1) is 0 Å². The van der Waals surface area contributed by atoms with E-state index >= 15 is 0 Å². The number of hydrogen-bond acceptors (Lipinski definition) is 6. The Kier molecular flexibility index (Phi) is 50.0. The van der Waals surface area contributed by atoms with Crippen molar-refractivity contribution in [1.82, 2.24) is 0 Å². The van der Waals surface area contributed by atoms with Crippen LogP contribution >= 0.6 is 0 Å². The number of allylic oxidation sites excluding steroid dienone is 20. The summed E-state index contributed by atoms with van der Waals surface area (Å²) in [5.74, 6) is -1.03. The second-order valence-electron chi connectivity index (χ2n) is 17.0. The molecule has 0 heterocycles. The Labute approximate surface area is 405 Å². The summed E-state index contributed by atoms with van der Waals surface area (Å²) in [5, 5.41) is 0. The molecule has 1 atom stereocenters. The van der Waals surface area contributed by atoms with Gasteiger partial charge in [-0.3, -0.25) is 14.4 Å². The number of hydrogen-bond donors (Lipinski definition) is 0. The van der Waals surface area contributed by atoms with Crippen molar-refractivity contribution in [3.8, 4) is 0 Å². The Balaban J connectivity index is 4.52. The largest absolute Gasteiger partial charge is 0.462 e.